The number of hydrogen-bond acceptors (Lipinski definition) is 4. The standard InChI is InChI=1S/C29H41ClN2O3S/c1-6-8-17-32(18-9-7-2)19-10-20-35-24-12-14-25(15-13-24)36(33,34)29-26-21-23(30)11-16-27(26)31(5)28(29)22(3)4/h11-16,21-22H,6-10,17-20H2,1-5H3. The molecule has 7 heteroatoms. The molecular weight excluding hydrogens is 492 g/mol. The number of benzene rings is 2. The molecule has 1 aromatic heterocycles. The number of hydrogen-bond donors (Lipinski definition) is 0. The Labute approximate surface area is 222 Å². The van der Waals surface area contributed by atoms with Gasteiger partial charge in [-0.25, -0.2) is 8.42 Å². The number of sulfone groups is 1. The molecule has 0 spiro atoms. The van der Waals surface area contributed by atoms with Gasteiger partial charge in [-0.1, -0.05) is 52.1 Å². The summed E-state index contributed by atoms with van der Waals surface area (Å²) in [6.45, 7) is 12.4. The van der Waals surface area contributed by atoms with Gasteiger partial charge in [-0.15, -0.1) is 0 Å². The Bertz CT molecular complexity index is 1230. The van der Waals surface area contributed by atoms with Crippen LogP contribution in [0.4, 0.5) is 0 Å². The maximum Gasteiger partial charge on any atom is 0.209 e. The van der Waals surface area contributed by atoms with E-state index in [-0.39, 0.29) is 10.8 Å². The number of fused-ring (bicyclic) bond motifs is 1. The number of rotatable bonds is 14. The van der Waals surface area contributed by atoms with Gasteiger partial charge in [0.25, 0.3) is 0 Å². The van der Waals surface area contributed by atoms with Gasteiger partial charge in [0.2, 0.25) is 9.84 Å². The van der Waals surface area contributed by atoms with Crippen LogP contribution in [-0.2, 0) is 16.9 Å². The van der Waals surface area contributed by atoms with E-state index in [1.807, 2.05) is 31.5 Å². The fraction of sp³-hybridized carbons (Fsp3) is 0.517. The van der Waals surface area contributed by atoms with Gasteiger partial charge >= 0.3 is 0 Å². The lowest BCUT2D eigenvalue weighted by Gasteiger charge is -2.21. The first-order valence-corrected chi connectivity index (χ1v) is 15.0. The highest BCUT2D eigenvalue weighted by atomic mass is 35.5. The quantitative estimate of drug-likeness (QED) is 0.202. The number of ether oxygens (including phenoxy) is 1. The lowest BCUT2D eigenvalue weighted by atomic mass is 10.1. The predicted molar refractivity (Wildman–Crippen MR) is 150 cm³/mol. The molecule has 0 aliphatic rings. The van der Waals surface area contributed by atoms with E-state index in [1.54, 1.807) is 36.4 Å². The molecule has 3 rings (SSSR count). The highest BCUT2D eigenvalue weighted by Gasteiger charge is 2.29. The molecule has 0 bridgehead atoms. The first kappa shape index (κ1) is 28.5. The van der Waals surface area contributed by atoms with Crippen molar-refractivity contribution in [3.8, 4) is 5.75 Å². The minimum atomic E-state index is -3.75. The van der Waals surface area contributed by atoms with Gasteiger partial charge in [0.15, 0.2) is 0 Å². The largest absolute Gasteiger partial charge is 0.494 e. The van der Waals surface area contributed by atoms with E-state index < -0.39 is 9.84 Å². The number of nitrogens with zero attached hydrogens (tertiary/aromatic N) is 2. The van der Waals surface area contributed by atoms with Gasteiger partial charge < -0.3 is 14.2 Å². The minimum absolute atomic E-state index is 0.0303. The van der Waals surface area contributed by atoms with Gasteiger partial charge in [-0.05, 0) is 80.7 Å². The SMILES string of the molecule is CCCCN(CCCC)CCCOc1ccc(S(=O)(=O)c2c(C(C)C)n(C)c3ccc(Cl)cc23)cc1. The van der Waals surface area contributed by atoms with E-state index in [4.69, 9.17) is 16.3 Å². The smallest absolute Gasteiger partial charge is 0.209 e. The number of aromatic nitrogens is 1. The molecule has 0 saturated heterocycles. The minimum Gasteiger partial charge on any atom is -0.494 e. The van der Waals surface area contributed by atoms with E-state index in [1.165, 1.54) is 25.7 Å². The van der Waals surface area contributed by atoms with Crippen molar-refractivity contribution in [1.29, 1.82) is 0 Å². The molecule has 3 aromatic rings. The third-order valence-electron chi connectivity index (χ3n) is 6.65. The molecule has 0 aliphatic carbocycles. The molecule has 0 aliphatic heterocycles. The van der Waals surface area contributed by atoms with Crippen LogP contribution in [0.15, 0.2) is 52.3 Å². The molecule has 0 unspecified atom stereocenters. The fourth-order valence-electron chi connectivity index (χ4n) is 4.74. The van der Waals surface area contributed by atoms with Crippen molar-refractivity contribution in [3.05, 3.63) is 53.2 Å². The second kappa shape index (κ2) is 13.0. The second-order valence-corrected chi connectivity index (χ2v) is 12.1. The molecule has 2 aromatic carbocycles. The maximum absolute atomic E-state index is 13.8. The van der Waals surface area contributed by atoms with E-state index in [0.717, 1.165) is 37.3 Å². The lowest BCUT2D eigenvalue weighted by molar-refractivity contribution is 0.229. The third-order valence-corrected chi connectivity index (χ3v) is 8.75. The van der Waals surface area contributed by atoms with E-state index >= 15 is 0 Å². The first-order valence-electron chi connectivity index (χ1n) is 13.2. The Balaban J connectivity index is 1.74. The summed E-state index contributed by atoms with van der Waals surface area (Å²) in [5.74, 6) is 0.718. The van der Waals surface area contributed by atoms with Crippen molar-refractivity contribution >= 4 is 32.3 Å². The zero-order valence-electron chi connectivity index (χ0n) is 22.4. The first-order chi connectivity index (χ1) is 17.2. The monoisotopic (exact) mass is 532 g/mol. The molecule has 0 N–H and O–H groups in total. The summed E-state index contributed by atoms with van der Waals surface area (Å²) in [6.07, 6.45) is 5.81. The third kappa shape index (κ3) is 6.64. The molecule has 5 nitrogen and oxygen atoms in total. The topological polar surface area (TPSA) is 51.5 Å². The summed E-state index contributed by atoms with van der Waals surface area (Å²) in [5.41, 5.74) is 1.64. The summed E-state index contributed by atoms with van der Waals surface area (Å²) >= 11 is 6.25. The Morgan fingerprint density at radius 1 is 0.944 bits per heavy atom. The molecule has 1 heterocycles. The summed E-state index contributed by atoms with van der Waals surface area (Å²) in [5, 5.41) is 1.18. The van der Waals surface area contributed by atoms with Gasteiger partial charge in [-0.3, -0.25) is 0 Å². The van der Waals surface area contributed by atoms with Crippen molar-refractivity contribution in [2.24, 2.45) is 7.05 Å². The van der Waals surface area contributed by atoms with Crippen molar-refractivity contribution in [3.63, 3.8) is 0 Å². The summed E-state index contributed by atoms with van der Waals surface area (Å²) in [6, 6.07) is 12.2. The highest BCUT2D eigenvalue weighted by molar-refractivity contribution is 7.91. The zero-order valence-corrected chi connectivity index (χ0v) is 24.0. The lowest BCUT2D eigenvalue weighted by Crippen LogP contribution is -2.28. The van der Waals surface area contributed by atoms with Crippen LogP contribution in [0.1, 0.15) is 71.4 Å². The fourth-order valence-corrected chi connectivity index (χ4v) is 6.75. The van der Waals surface area contributed by atoms with Crippen LogP contribution in [-0.4, -0.2) is 44.1 Å². The van der Waals surface area contributed by atoms with Crippen LogP contribution in [0, 0.1) is 0 Å². The summed E-state index contributed by atoms with van der Waals surface area (Å²) < 4.78 is 35.5. The zero-order chi connectivity index (χ0) is 26.3. The predicted octanol–water partition coefficient (Wildman–Crippen LogP) is 7.46. The van der Waals surface area contributed by atoms with Gasteiger partial charge in [0, 0.05) is 35.2 Å². The van der Waals surface area contributed by atoms with Crippen LogP contribution in [0.25, 0.3) is 10.9 Å². The van der Waals surface area contributed by atoms with Gasteiger partial charge in [0.1, 0.15) is 10.6 Å². The number of unbranched alkanes of at least 4 members (excludes halogenated alkanes) is 2. The second-order valence-electron chi connectivity index (χ2n) is 9.82. The van der Waals surface area contributed by atoms with E-state index in [9.17, 15) is 8.42 Å². The van der Waals surface area contributed by atoms with Crippen LogP contribution in [0.5, 0.6) is 5.75 Å². The Kier molecular flexibility index (Phi) is 10.3. The van der Waals surface area contributed by atoms with Crippen LogP contribution >= 0.6 is 11.6 Å². The summed E-state index contributed by atoms with van der Waals surface area (Å²) in [7, 11) is -1.84. The Morgan fingerprint density at radius 2 is 1.56 bits per heavy atom. The van der Waals surface area contributed by atoms with Crippen molar-refractivity contribution < 1.29 is 13.2 Å². The highest BCUT2D eigenvalue weighted by Crippen LogP contribution is 2.38. The summed E-state index contributed by atoms with van der Waals surface area (Å²) in [4.78, 5) is 3.12. The van der Waals surface area contributed by atoms with Crippen molar-refractivity contribution in [1.82, 2.24) is 9.47 Å². The van der Waals surface area contributed by atoms with E-state index in [2.05, 4.69) is 18.7 Å². The normalized spacial score (nSPS) is 12.2. The van der Waals surface area contributed by atoms with Crippen LogP contribution in [0.3, 0.4) is 0 Å². The molecule has 198 valence electrons. The molecule has 36 heavy (non-hydrogen) atoms. The van der Waals surface area contributed by atoms with Crippen LogP contribution in [0.2, 0.25) is 5.02 Å². The maximum atomic E-state index is 13.8. The van der Waals surface area contributed by atoms with E-state index in [0.29, 0.717) is 27.7 Å². The molecular formula is C29H41ClN2O3S. The molecule has 0 atom stereocenters. The van der Waals surface area contributed by atoms with Crippen LogP contribution < -0.4 is 4.74 Å². The molecule has 0 amide bonds. The van der Waals surface area contributed by atoms with Crippen molar-refractivity contribution in [2.75, 3.05) is 26.2 Å². The van der Waals surface area contributed by atoms with Gasteiger partial charge in [-0.2, -0.15) is 0 Å². The van der Waals surface area contributed by atoms with Crippen molar-refractivity contribution in [2.45, 2.75) is 75.5 Å². The Morgan fingerprint density at radius 3 is 2.14 bits per heavy atom. The number of halogens is 1. The Hall–Kier alpha value is -2.02. The molecule has 0 radical (unpaired) electrons. The average molecular weight is 533 g/mol. The van der Waals surface area contributed by atoms with Gasteiger partial charge in [0.05, 0.1) is 11.5 Å². The molecule has 0 saturated carbocycles. The molecule has 0 fully saturated rings. The average Bonchev–Trinajstić information content (AvgIpc) is 3.15. The number of aryl methyl sites for hydroxylation is 1.